The highest BCUT2D eigenvalue weighted by molar-refractivity contribution is 7.02. The molecule has 0 bridgehead atoms. The Morgan fingerprint density at radius 3 is 1.27 bits per heavy atom. The Balaban J connectivity index is 1.08. The van der Waals surface area contributed by atoms with Gasteiger partial charge in [-0.1, -0.05) is 170 Å². The summed E-state index contributed by atoms with van der Waals surface area (Å²) >= 11 is 0. The second-order valence-corrected chi connectivity index (χ2v) is 18.8. The van der Waals surface area contributed by atoms with Gasteiger partial charge in [-0.3, -0.25) is 0 Å². The molecule has 0 unspecified atom stereocenters. The Morgan fingerprint density at radius 2 is 0.662 bits per heavy atom. The lowest BCUT2D eigenvalue weighted by Crippen LogP contribution is -2.62. The van der Waals surface area contributed by atoms with Gasteiger partial charge in [-0.15, -0.1) is 0 Å². The summed E-state index contributed by atoms with van der Waals surface area (Å²) in [5.74, 6) is 0. The zero-order valence-corrected chi connectivity index (χ0v) is 38.7. The molecule has 2 aromatic heterocycles. The van der Waals surface area contributed by atoms with E-state index < -0.39 is 0 Å². The van der Waals surface area contributed by atoms with E-state index in [0.29, 0.717) is 0 Å². The number of hydrogen-bond acceptors (Lipinski definition) is 2. The van der Waals surface area contributed by atoms with E-state index >= 15 is 0 Å². The van der Waals surface area contributed by atoms with Gasteiger partial charge in [0, 0.05) is 72.6 Å². The molecule has 0 spiro atoms. The van der Waals surface area contributed by atoms with E-state index in [2.05, 4.69) is 280 Å². The Kier molecular flexibility index (Phi) is 8.72. The summed E-state index contributed by atoms with van der Waals surface area (Å²) in [7, 11) is 0. The predicted molar refractivity (Wildman–Crippen MR) is 300 cm³/mol. The topological polar surface area (TPSA) is 16.3 Å². The highest BCUT2D eigenvalue weighted by Crippen LogP contribution is 2.48. The van der Waals surface area contributed by atoms with Gasteiger partial charge in [0.15, 0.2) is 0 Å². The third kappa shape index (κ3) is 5.81. The van der Waals surface area contributed by atoms with Crippen molar-refractivity contribution in [2.75, 3.05) is 9.80 Å². The van der Waals surface area contributed by atoms with Crippen LogP contribution in [0.3, 0.4) is 0 Å². The van der Waals surface area contributed by atoms with Gasteiger partial charge in [-0.2, -0.15) is 0 Å². The monoisotopic (exact) mass is 902 g/mol. The third-order valence-corrected chi connectivity index (χ3v) is 15.1. The molecule has 2 aliphatic heterocycles. The smallest absolute Gasteiger partial charge is 0.253 e. The lowest BCUT2D eigenvalue weighted by molar-refractivity contribution is 1.18. The fraction of sp³-hybridized carbons (Fsp3) is 0. The minimum absolute atomic E-state index is 0.154. The number of benzene rings is 11. The average Bonchev–Trinajstić information content (AvgIpc) is 3.96. The molecule has 15 rings (SSSR count). The first-order valence-corrected chi connectivity index (χ1v) is 24.6. The van der Waals surface area contributed by atoms with Crippen LogP contribution in [0.1, 0.15) is 0 Å². The molecule has 0 atom stereocenters. The van der Waals surface area contributed by atoms with Gasteiger partial charge in [0.2, 0.25) is 0 Å². The first-order valence-electron chi connectivity index (χ1n) is 24.6. The Hall–Kier alpha value is -9.32. The van der Waals surface area contributed by atoms with Gasteiger partial charge in [0.25, 0.3) is 6.71 Å². The van der Waals surface area contributed by atoms with E-state index in [4.69, 9.17) is 0 Å². The molecule has 13 aromatic rings. The molecule has 71 heavy (non-hydrogen) atoms. The molecule has 0 saturated heterocycles. The van der Waals surface area contributed by atoms with Crippen LogP contribution in [0.25, 0.3) is 77.2 Å². The molecule has 11 aromatic carbocycles. The Morgan fingerprint density at radius 1 is 0.254 bits per heavy atom. The second-order valence-electron chi connectivity index (χ2n) is 18.8. The maximum absolute atomic E-state index is 2.52. The van der Waals surface area contributed by atoms with Crippen LogP contribution in [0.4, 0.5) is 34.1 Å². The van der Waals surface area contributed by atoms with Crippen molar-refractivity contribution in [2.24, 2.45) is 0 Å². The lowest BCUT2D eigenvalue weighted by Gasteiger charge is -2.45. The van der Waals surface area contributed by atoms with Crippen LogP contribution in [0.2, 0.25) is 0 Å². The minimum Gasteiger partial charge on any atom is -0.311 e. The molecule has 0 saturated carbocycles. The van der Waals surface area contributed by atoms with Crippen molar-refractivity contribution in [3.05, 3.63) is 261 Å². The number of para-hydroxylation sites is 7. The van der Waals surface area contributed by atoms with Crippen molar-refractivity contribution < 1.29 is 0 Å². The van der Waals surface area contributed by atoms with Gasteiger partial charge in [-0.05, 0) is 124 Å². The summed E-state index contributed by atoms with van der Waals surface area (Å²) in [4.78, 5) is 5.03. The van der Waals surface area contributed by atoms with Crippen molar-refractivity contribution >= 4 is 101 Å². The average molecular weight is 903 g/mol. The molecule has 2 aliphatic rings. The minimum atomic E-state index is -0.154. The number of rotatable bonds is 6. The normalized spacial score (nSPS) is 12.7. The SMILES string of the molecule is c1ccc(N2c3cccc(-c4ccc5c6ccccc6n(-c6ccccc6)c5c4)c3B3c4c(-c5cccc6c7ccccc7n(-c7ccccc7)c56)cccc4N(c4ccccc4)c4cccc2c43)cc1. The number of anilines is 6. The van der Waals surface area contributed by atoms with Crippen LogP contribution in [-0.2, 0) is 0 Å². The van der Waals surface area contributed by atoms with Crippen LogP contribution in [0.15, 0.2) is 261 Å². The summed E-state index contributed by atoms with van der Waals surface area (Å²) < 4.78 is 4.92. The second kappa shape index (κ2) is 15.6. The third-order valence-electron chi connectivity index (χ3n) is 15.1. The zero-order valence-electron chi connectivity index (χ0n) is 38.7. The van der Waals surface area contributed by atoms with E-state index in [0.717, 1.165) is 22.7 Å². The van der Waals surface area contributed by atoms with E-state index in [1.807, 2.05) is 0 Å². The summed E-state index contributed by atoms with van der Waals surface area (Å²) in [6.45, 7) is -0.154. The number of hydrogen-bond donors (Lipinski definition) is 0. The van der Waals surface area contributed by atoms with Crippen LogP contribution in [0, 0.1) is 0 Å². The summed E-state index contributed by atoms with van der Waals surface area (Å²) in [6.07, 6.45) is 0. The Bertz CT molecular complexity index is 4220. The maximum Gasteiger partial charge on any atom is 0.253 e. The molecule has 330 valence electrons. The molecule has 4 heterocycles. The molecule has 0 aliphatic carbocycles. The molecule has 0 N–H and O–H groups in total. The molecule has 0 radical (unpaired) electrons. The van der Waals surface area contributed by atoms with Crippen molar-refractivity contribution in [3.8, 4) is 33.6 Å². The largest absolute Gasteiger partial charge is 0.311 e. The summed E-state index contributed by atoms with van der Waals surface area (Å²) in [5, 5.41) is 4.96. The molecule has 0 amide bonds. The summed E-state index contributed by atoms with van der Waals surface area (Å²) in [6, 6.07) is 96.2. The fourth-order valence-electron chi connectivity index (χ4n) is 12.3. The number of fused-ring (bicyclic) bond motifs is 10. The summed E-state index contributed by atoms with van der Waals surface area (Å²) in [5.41, 5.74) is 22.7. The first-order chi connectivity index (χ1) is 35.3. The Labute approximate surface area is 412 Å². The fourth-order valence-corrected chi connectivity index (χ4v) is 12.3. The van der Waals surface area contributed by atoms with Crippen molar-refractivity contribution in [1.29, 1.82) is 0 Å². The quantitative estimate of drug-likeness (QED) is 0.155. The lowest BCUT2D eigenvalue weighted by atomic mass is 9.32. The molecule has 4 nitrogen and oxygen atoms in total. The van der Waals surface area contributed by atoms with Crippen LogP contribution in [-0.4, -0.2) is 15.8 Å². The van der Waals surface area contributed by atoms with Gasteiger partial charge in [0.1, 0.15) is 0 Å². The number of aromatic nitrogens is 2. The molecule has 0 fully saturated rings. The molecular formula is C66H43BN4. The van der Waals surface area contributed by atoms with Crippen LogP contribution in [0.5, 0.6) is 0 Å². The van der Waals surface area contributed by atoms with Gasteiger partial charge in [0.05, 0.1) is 22.1 Å². The standard InChI is InChI=1S/C66H43BN4/c1-5-21-45(22-6-1)68-56-35-15-13-29-50(56)52-42-41-44(43-62(52)68)49-31-18-37-58-63(49)67-64-53(55-34-17-33-54-51-30-14-16-36-57(51)71(66(54)55)48-27-11-4-12-28-48)32-19-38-59(64)70(47-25-9-3-10-26-47)61-40-20-39-60(65(61)67)69(58)46-23-7-2-8-24-46/h1-43H. The van der Waals surface area contributed by atoms with E-state index in [1.165, 1.54) is 105 Å². The highest BCUT2D eigenvalue weighted by Gasteiger charge is 2.45. The van der Waals surface area contributed by atoms with E-state index in [1.54, 1.807) is 0 Å². The first kappa shape index (κ1) is 39.7. The van der Waals surface area contributed by atoms with Gasteiger partial charge < -0.3 is 18.9 Å². The van der Waals surface area contributed by atoms with E-state index in [9.17, 15) is 0 Å². The van der Waals surface area contributed by atoms with Gasteiger partial charge in [-0.25, -0.2) is 0 Å². The van der Waals surface area contributed by atoms with Crippen molar-refractivity contribution in [1.82, 2.24) is 9.13 Å². The van der Waals surface area contributed by atoms with Crippen LogP contribution >= 0.6 is 0 Å². The van der Waals surface area contributed by atoms with Crippen LogP contribution < -0.4 is 26.2 Å². The maximum atomic E-state index is 2.52. The van der Waals surface area contributed by atoms with Gasteiger partial charge >= 0.3 is 0 Å². The number of nitrogens with zero attached hydrogens (tertiary/aromatic N) is 4. The van der Waals surface area contributed by atoms with E-state index in [-0.39, 0.29) is 6.71 Å². The molecular weight excluding hydrogens is 860 g/mol. The van der Waals surface area contributed by atoms with Crippen molar-refractivity contribution in [3.63, 3.8) is 0 Å². The highest BCUT2D eigenvalue weighted by atomic mass is 15.2. The van der Waals surface area contributed by atoms with Crippen molar-refractivity contribution in [2.45, 2.75) is 0 Å². The molecule has 5 heteroatoms. The zero-order chi connectivity index (χ0) is 46.6. The predicted octanol–water partition coefficient (Wildman–Crippen LogP) is 15.3.